The quantitative estimate of drug-likeness (QED) is 0.692. The summed E-state index contributed by atoms with van der Waals surface area (Å²) in [6.07, 6.45) is 2.40. The van der Waals surface area contributed by atoms with Gasteiger partial charge in [0.1, 0.15) is 6.33 Å². The van der Waals surface area contributed by atoms with Crippen molar-refractivity contribution in [3.05, 3.63) is 64.4 Å². The van der Waals surface area contributed by atoms with E-state index in [1.807, 2.05) is 16.8 Å². The molecule has 2 atom stereocenters. The third-order valence-corrected chi connectivity index (χ3v) is 5.22. The van der Waals surface area contributed by atoms with Crippen LogP contribution in [0, 0.1) is 0 Å². The van der Waals surface area contributed by atoms with Crippen LogP contribution in [-0.2, 0) is 0 Å². The summed E-state index contributed by atoms with van der Waals surface area (Å²) >= 11 is 3.50. The van der Waals surface area contributed by atoms with Gasteiger partial charge in [-0.3, -0.25) is 0 Å². The molecular formula is C19H19BrN4O2. The molecule has 3 aromatic rings. The first-order chi connectivity index (χ1) is 12.7. The minimum Gasteiger partial charge on any atom is -0.493 e. The van der Waals surface area contributed by atoms with E-state index in [-0.39, 0.29) is 12.1 Å². The highest BCUT2D eigenvalue weighted by Gasteiger charge is 2.32. The number of benzene rings is 2. The summed E-state index contributed by atoms with van der Waals surface area (Å²) in [5.41, 5.74) is 2.23. The van der Waals surface area contributed by atoms with Gasteiger partial charge in [-0.25, -0.2) is 4.68 Å². The van der Waals surface area contributed by atoms with E-state index in [9.17, 15) is 0 Å². The van der Waals surface area contributed by atoms with Crippen LogP contribution in [0.15, 0.2) is 53.3 Å². The summed E-state index contributed by atoms with van der Waals surface area (Å²) in [7, 11) is 3.31. The number of nitrogens with one attached hydrogen (secondary N) is 1. The second kappa shape index (κ2) is 6.99. The third kappa shape index (κ3) is 2.92. The molecule has 0 saturated carbocycles. The zero-order valence-corrected chi connectivity index (χ0v) is 16.1. The lowest BCUT2D eigenvalue weighted by atomic mass is 9.92. The number of fused-ring (bicyclic) bond motifs is 1. The molecule has 1 aromatic heterocycles. The topological polar surface area (TPSA) is 61.2 Å². The van der Waals surface area contributed by atoms with Gasteiger partial charge in [0.2, 0.25) is 5.95 Å². The monoisotopic (exact) mass is 414 g/mol. The standard InChI is InChI=1S/C19H19BrN4O2/c1-25-17-5-3-4-14(18(17)26-2)16-10-15(12-6-8-13(20)9-7-12)23-19-21-11-22-24(16)19/h3-9,11,15-16H,10H2,1-2H3,(H,21,22,23)/t15-,16-/m1/s1. The van der Waals surface area contributed by atoms with Crippen LogP contribution in [0.2, 0.25) is 0 Å². The van der Waals surface area contributed by atoms with Crippen molar-refractivity contribution in [1.29, 1.82) is 0 Å². The van der Waals surface area contributed by atoms with E-state index < -0.39 is 0 Å². The average molecular weight is 415 g/mol. The fourth-order valence-electron chi connectivity index (χ4n) is 3.47. The zero-order chi connectivity index (χ0) is 18.1. The van der Waals surface area contributed by atoms with Crippen molar-refractivity contribution in [3.8, 4) is 11.5 Å². The second-order valence-corrected chi connectivity index (χ2v) is 7.03. The van der Waals surface area contributed by atoms with Crippen molar-refractivity contribution in [1.82, 2.24) is 14.8 Å². The molecule has 0 bridgehead atoms. The number of methoxy groups -OCH3 is 2. The van der Waals surface area contributed by atoms with Gasteiger partial charge in [-0.2, -0.15) is 10.1 Å². The molecule has 0 unspecified atom stereocenters. The van der Waals surface area contributed by atoms with Crippen LogP contribution in [0.1, 0.15) is 29.6 Å². The predicted molar refractivity (Wildman–Crippen MR) is 103 cm³/mol. The van der Waals surface area contributed by atoms with E-state index >= 15 is 0 Å². The van der Waals surface area contributed by atoms with Gasteiger partial charge in [0.25, 0.3) is 0 Å². The molecular weight excluding hydrogens is 396 g/mol. The lowest BCUT2D eigenvalue weighted by molar-refractivity contribution is 0.340. The molecule has 2 heterocycles. The largest absolute Gasteiger partial charge is 0.493 e. The van der Waals surface area contributed by atoms with Gasteiger partial charge >= 0.3 is 0 Å². The normalized spacial score (nSPS) is 18.7. The van der Waals surface area contributed by atoms with Crippen molar-refractivity contribution >= 4 is 21.9 Å². The molecule has 0 aliphatic carbocycles. The Kier molecular flexibility index (Phi) is 4.55. The minimum atomic E-state index is -0.00699. The zero-order valence-electron chi connectivity index (χ0n) is 14.5. The van der Waals surface area contributed by atoms with E-state index in [2.05, 4.69) is 61.7 Å². The Bertz CT molecular complexity index is 910. The highest BCUT2D eigenvalue weighted by molar-refractivity contribution is 9.10. The highest BCUT2D eigenvalue weighted by atomic mass is 79.9. The summed E-state index contributed by atoms with van der Waals surface area (Å²) < 4.78 is 14.1. The van der Waals surface area contributed by atoms with E-state index in [0.29, 0.717) is 5.75 Å². The van der Waals surface area contributed by atoms with E-state index in [4.69, 9.17) is 9.47 Å². The fourth-order valence-corrected chi connectivity index (χ4v) is 3.73. The minimum absolute atomic E-state index is 0.00699. The van der Waals surface area contributed by atoms with Crippen molar-refractivity contribution in [2.45, 2.75) is 18.5 Å². The van der Waals surface area contributed by atoms with Gasteiger partial charge < -0.3 is 14.8 Å². The molecule has 0 spiro atoms. The number of nitrogens with zero attached hydrogens (tertiary/aromatic N) is 3. The van der Waals surface area contributed by atoms with Gasteiger partial charge in [-0.15, -0.1) is 0 Å². The van der Waals surface area contributed by atoms with Gasteiger partial charge in [-0.1, -0.05) is 40.2 Å². The molecule has 4 rings (SSSR count). The maximum atomic E-state index is 5.66. The number of rotatable bonds is 4. The van der Waals surface area contributed by atoms with Crippen LogP contribution in [-0.4, -0.2) is 29.0 Å². The SMILES string of the molecule is COc1cccc([C@H]2C[C@H](c3ccc(Br)cc3)Nc3ncnn32)c1OC. The van der Waals surface area contributed by atoms with Gasteiger partial charge in [0.15, 0.2) is 11.5 Å². The summed E-state index contributed by atoms with van der Waals surface area (Å²) in [4.78, 5) is 4.38. The number of anilines is 1. The number of hydrogen-bond acceptors (Lipinski definition) is 5. The molecule has 134 valence electrons. The third-order valence-electron chi connectivity index (χ3n) is 4.70. The molecule has 0 saturated heterocycles. The maximum absolute atomic E-state index is 5.66. The number of hydrogen-bond donors (Lipinski definition) is 1. The molecule has 2 aromatic carbocycles. The van der Waals surface area contributed by atoms with Crippen molar-refractivity contribution in [2.24, 2.45) is 0 Å². The van der Waals surface area contributed by atoms with Crippen molar-refractivity contribution in [3.63, 3.8) is 0 Å². The molecule has 6 nitrogen and oxygen atoms in total. The van der Waals surface area contributed by atoms with Gasteiger partial charge in [0, 0.05) is 10.0 Å². The Labute approximate surface area is 160 Å². The summed E-state index contributed by atoms with van der Waals surface area (Å²) in [5, 5.41) is 7.91. The van der Waals surface area contributed by atoms with E-state index in [1.54, 1.807) is 20.5 Å². The summed E-state index contributed by atoms with van der Waals surface area (Å²) in [5.74, 6) is 2.20. The Hall–Kier alpha value is -2.54. The number of aromatic nitrogens is 3. The average Bonchev–Trinajstić information content (AvgIpc) is 3.15. The second-order valence-electron chi connectivity index (χ2n) is 6.11. The Balaban J connectivity index is 1.78. The van der Waals surface area contributed by atoms with Crippen LogP contribution in [0.3, 0.4) is 0 Å². The molecule has 0 fully saturated rings. The smallest absolute Gasteiger partial charge is 0.222 e. The number of ether oxygens (including phenoxy) is 2. The van der Waals surface area contributed by atoms with Crippen LogP contribution >= 0.6 is 15.9 Å². The highest BCUT2D eigenvalue weighted by Crippen LogP contribution is 2.43. The predicted octanol–water partition coefficient (Wildman–Crippen LogP) is 4.20. The van der Waals surface area contributed by atoms with Crippen LogP contribution < -0.4 is 14.8 Å². The number of halogens is 1. The molecule has 1 aliphatic heterocycles. The molecule has 1 aliphatic rings. The Morgan fingerprint density at radius 1 is 1.12 bits per heavy atom. The lowest BCUT2D eigenvalue weighted by Crippen LogP contribution is -2.28. The first kappa shape index (κ1) is 16.9. The van der Waals surface area contributed by atoms with Crippen LogP contribution in [0.4, 0.5) is 5.95 Å². The first-order valence-corrected chi connectivity index (χ1v) is 9.13. The van der Waals surface area contributed by atoms with Gasteiger partial charge in [0.05, 0.1) is 26.3 Å². The van der Waals surface area contributed by atoms with E-state index in [0.717, 1.165) is 28.2 Å². The molecule has 0 radical (unpaired) electrons. The molecule has 7 heteroatoms. The van der Waals surface area contributed by atoms with Crippen LogP contribution in [0.5, 0.6) is 11.5 Å². The molecule has 1 N–H and O–H groups in total. The summed E-state index contributed by atoms with van der Waals surface area (Å²) in [6, 6.07) is 14.4. The van der Waals surface area contributed by atoms with Crippen LogP contribution in [0.25, 0.3) is 0 Å². The fraction of sp³-hybridized carbons (Fsp3) is 0.263. The Morgan fingerprint density at radius 2 is 1.92 bits per heavy atom. The van der Waals surface area contributed by atoms with Crippen molar-refractivity contribution in [2.75, 3.05) is 19.5 Å². The molecule has 0 amide bonds. The summed E-state index contributed by atoms with van der Waals surface area (Å²) in [6.45, 7) is 0. The molecule has 26 heavy (non-hydrogen) atoms. The number of para-hydroxylation sites is 1. The van der Waals surface area contributed by atoms with Crippen molar-refractivity contribution < 1.29 is 9.47 Å². The Morgan fingerprint density at radius 3 is 2.65 bits per heavy atom. The maximum Gasteiger partial charge on any atom is 0.222 e. The first-order valence-electron chi connectivity index (χ1n) is 8.33. The van der Waals surface area contributed by atoms with E-state index in [1.165, 1.54) is 5.56 Å². The van der Waals surface area contributed by atoms with Gasteiger partial charge in [-0.05, 0) is 30.2 Å². The lowest BCUT2D eigenvalue weighted by Gasteiger charge is -2.32.